The Labute approximate surface area is 152 Å². The van der Waals surface area contributed by atoms with Crippen molar-refractivity contribution < 1.29 is 19.7 Å². The van der Waals surface area contributed by atoms with Crippen molar-refractivity contribution in [3.63, 3.8) is 0 Å². The maximum Gasteiger partial charge on any atom is 0.333 e. The Morgan fingerprint density at radius 1 is 1.24 bits per heavy atom. The molecular weight excluding hydrogens is 316 g/mol. The minimum atomic E-state index is -1.11. The topological polar surface area (TPSA) is 66.8 Å². The molecule has 0 bridgehead atoms. The lowest BCUT2D eigenvalue weighted by Crippen LogP contribution is -2.34. The number of unbranched alkanes of at least 4 members (excludes halogenated alkanes) is 6. The van der Waals surface area contributed by atoms with Crippen LogP contribution in [0.15, 0.2) is 36.0 Å². The summed E-state index contributed by atoms with van der Waals surface area (Å²) in [6.45, 7) is 2.37. The van der Waals surface area contributed by atoms with Gasteiger partial charge in [0.1, 0.15) is 5.60 Å². The second-order valence-electron chi connectivity index (χ2n) is 6.70. The highest BCUT2D eigenvalue weighted by Gasteiger charge is 2.39. The lowest BCUT2D eigenvalue weighted by molar-refractivity contribution is -0.137. The first-order chi connectivity index (χ1) is 12.1. The van der Waals surface area contributed by atoms with Gasteiger partial charge in [0.05, 0.1) is 7.11 Å². The van der Waals surface area contributed by atoms with Gasteiger partial charge >= 0.3 is 5.97 Å². The van der Waals surface area contributed by atoms with Crippen LogP contribution >= 0.6 is 0 Å². The molecule has 0 radical (unpaired) electrons. The summed E-state index contributed by atoms with van der Waals surface area (Å²) in [6.07, 6.45) is 17.9. The fourth-order valence-electron chi connectivity index (χ4n) is 3.19. The van der Waals surface area contributed by atoms with Crippen LogP contribution in [0.2, 0.25) is 0 Å². The number of carbonyl (C=O) groups is 1. The Hall–Kier alpha value is -1.39. The second kappa shape index (κ2) is 12.0. The largest absolute Gasteiger partial charge is 0.466 e. The van der Waals surface area contributed by atoms with Crippen molar-refractivity contribution in [2.75, 3.05) is 13.7 Å². The van der Waals surface area contributed by atoms with E-state index in [1.165, 1.54) is 7.11 Å². The van der Waals surface area contributed by atoms with Gasteiger partial charge in [0.25, 0.3) is 0 Å². The lowest BCUT2D eigenvalue weighted by atomic mass is 9.83. The number of rotatable bonds is 12. The summed E-state index contributed by atoms with van der Waals surface area (Å²) in [5.74, 6) is -0.622. The number of aliphatic hydroxyl groups is 2. The van der Waals surface area contributed by atoms with Gasteiger partial charge in [-0.15, -0.1) is 0 Å². The minimum absolute atomic E-state index is 0.253. The first kappa shape index (κ1) is 21.7. The number of hydrogen-bond acceptors (Lipinski definition) is 4. The van der Waals surface area contributed by atoms with Crippen LogP contribution in [0.3, 0.4) is 0 Å². The summed E-state index contributed by atoms with van der Waals surface area (Å²) in [5.41, 5.74) is -0.534. The van der Waals surface area contributed by atoms with E-state index in [0.29, 0.717) is 12.0 Å². The third kappa shape index (κ3) is 7.17. The van der Waals surface area contributed by atoms with E-state index in [2.05, 4.69) is 6.92 Å². The number of allylic oxidation sites excluding steroid dienone is 3. The Morgan fingerprint density at radius 3 is 2.68 bits per heavy atom. The highest BCUT2D eigenvalue weighted by Crippen LogP contribution is 2.37. The molecule has 1 aliphatic rings. The van der Waals surface area contributed by atoms with Crippen molar-refractivity contribution in [1.82, 2.24) is 0 Å². The first-order valence-corrected chi connectivity index (χ1v) is 9.56. The molecule has 1 aliphatic carbocycles. The van der Waals surface area contributed by atoms with Crippen molar-refractivity contribution in [2.45, 2.75) is 70.3 Å². The molecule has 0 amide bonds. The van der Waals surface area contributed by atoms with Crippen molar-refractivity contribution in [3.05, 3.63) is 36.0 Å². The van der Waals surface area contributed by atoms with Crippen LogP contribution in [0, 0.1) is 5.92 Å². The van der Waals surface area contributed by atoms with Gasteiger partial charge in [-0.25, -0.2) is 4.79 Å². The van der Waals surface area contributed by atoms with Crippen LogP contribution in [-0.4, -0.2) is 35.5 Å². The smallest absolute Gasteiger partial charge is 0.333 e. The molecule has 0 fully saturated rings. The molecule has 142 valence electrons. The number of hydrogen-bond donors (Lipinski definition) is 2. The van der Waals surface area contributed by atoms with Gasteiger partial charge in [0.15, 0.2) is 0 Å². The predicted octanol–water partition coefficient (Wildman–Crippen LogP) is 4.08. The predicted molar refractivity (Wildman–Crippen MR) is 101 cm³/mol. The summed E-state index contributed by atoms with van der Waals surface area (Å²) in [7, 11) is 1.39. The SMILES string of the molecule is CCCCC=C(C(=O)OC)[C@@H]1CC=C[C@]1(O)C=CCCCCCCO. The van der Waals surface area contributed by atoms with Crippen LogP contribution < -0.4 is 0 Å². The monoisotopic (exact) mass is 350 g/mol. The fraction of sp³-hybridized carbons (Fsp3) is 0.667. The quantitative estimate of drug-likeness (QED) is 0.241. The second-order valence-corrected chi connectivity index (χ2v) is 6.70. The Morgan fingerprint density at radius 2 is 2.00 bits per heavy atom. The zero-order valence-corrected chi connectivity index (χ0v) is 15.7. The van der Waals surface area contributed by atoms with E-state index in [9.17, 15) is 9.90 Å². The number of ether oxygens (including phenoxy) is 1. The van der Waals surface area contributed by atoms with Crippen molar-refractivity contribution in [1.29, 1.82) is 0 Å². The Kier molecular flexibility index (Phi) is 10.4. The van der Waals surface area contributed by atoms with Crippen LogP contribution in [0.25, 0.3) is 0 Å². The summed E-state index contributed by atoms with van der Waals surface area (Å²) in [4.78, 5) is 12.2. The molecule has 2 atom stereocenters. The van der Waals surface area contributed by atoms with Crippen LogP contribution in [0.1, 0.15) is 64.7 Å². The molecule has 4 heteroatoms. The van der Waals surface area contributed by atoms with Crippen LogP contribution in [0.4, 0.5) is 0 Å². The minimum Gasteiger partial charge on any atom is -0.466 e. The molecule has 2 N–H and O–H groups in total. The summed E-state index contributed by atoms with van der Waals surface area (Å²) < 4.78 is 4.94. The summed E-state index contributed by atoms with van der Waals surface area (Å²) >= 11 is 0. The molecule has 0 heterocycles. The molecule has 0 aromatic heterocycles. The third-order valence-electron chi connectivity index (χ3n) is 4.70. The molecule has 0 saturated carbocycles. The van der Waals surface area contributed by atoms with E-state index in [1.54, 1.807) is 6.08 Å². The highest BCUT2D eigenvalue weighted by atomic mass is 16.5. The molecule has 4 nitrogen and oxygen atoms in total. The Bertz CT molecular complexity index is 478. The zero-order valence-electron chi connectivity index (χ0n) is 15.7. The standard InChI is InChI=1S/C21H34O4/c1-3-4-9-13-18(20(23)25-2)19-14-12-16-21(19,24)15-10-7-5-6-8-11-17-22/h10,12-13,15-16,19,22,24H,3-9,11,14,17H2,1-2H3/t19-,21+/m0/s1. The Balaban J connectivity index is 2.70. The van der Waals surface area contributed by atoms with Gasteiger partial charge in [-0.3, -0.25) is 0 Å². The molecule has 1 rings (SSSR count). The lowest BCUT2D eigenvalue weighted by Gasteiger charge is -2.27. The normalized spacial score (nSPS) is 23.5. The maximum atomic E-state index is 12.2. The number of esters is 1. The number of carbonyl (C=O) groups excluding carboxylic acids is 1. The molecule has 25 heavy (non-hydrogen) atoms. The van der Waals surface area contributed by atoms with Crippen LogP contribution in [-0.2, 0) is 9.53 Å². The third-order valence-corrected chi connectivity index (χ3v) is 4.70. The van der Waals surface area contributed by atoms with Gasteiger partial charge in [-0.05, 0) is 32.1 Å². The first-order valence-electron chi connectivity index (χ1n) is 9.56. The fourth-order valence-corrected chi connectivity index (χ4v) is 3.19. The number of aliphatic hydroxyl groups excluding tert-OH is 1. The molecule has 0 aliphatic heterocycles. The van der Waals surface area contributed by atoms with E-state index in [1.807, 2.05) is 24.3 Å². The van der Waals surface area contributed by atoms with Gasteiger partial charge in [0, 0.05) is 18.1 Å². The van der Waals surface area contributed by atoms with Crippen molar-refractivity contribution >= 4 is 5.97 Å². The molecule has 0 aromatic rings. The molecule has 0 spiro atoms. The van der Waals surface area contributed by atoms with Crippen molar-refractivity contribution in [2.24, 2.45) is 5.92 Å². The van der Waals surface area contributed by atoms with E-state index < -0.39 is 5.60 Å². The average molecular weight is 350 g/mol. The molecular formula is C21H34O4. The van der Waals surface area contributed by atoms with E-state index in [4.69, 9.17) is 9.84 Å². The summed E-state index contributed by atoms with van der Waals surface area (Å²) in [6, 6.07) is 0. The zero-order chi connectivity index (χ0) is 18.5. The number of methoxy groups -OCH3 is 1. The van der Waals surface area contributed by atoms with Gasteiger partial charge in [-0.1, -0.05) is 63.0 Å². The average Bonchev–Trinajstić information content (AvgIpc) is 2.99. The molecule has 0 unspecified atom stereocenters. The van der Waals surface area contributed by atoms with Gasteiger partial charge < -0.3 is 14.9 Å². The highest BCUT2D eigenvalue weighted by molar-refractivity contribution is 5.89. The van der Waals surface area contributed by atoms with Gasteiger partial charge in [-0.2, -0.15) is 0 Å². The molecule has 0 saturated heterocycles. The van der Waals surface area contributed by atoms with Crippen LogP contribution in [0.5, 0.6) is 0 Å². The van der Waals surface area contributed by atoms with Crippen molar-refractivity contribution in [3.8, 4) is 0 Å². The van der Waals surface area contributed by atoms with Gasteiger partial charge in [0.2, 0.25) is 0 Å². The van der Waals surface area contributed by atoms with E-state index in [-0.39, 0.29) is 18.5 Å². The van der Waals surface area contributed by atoms with E-state index >= 15 is 0 Å². The van der Waals surface area contributed by atoms with E-state index in [0.717, 1.165) is 51.4 Å². The molecule has 0 aromatic carbocycles. The summed E-state index contributed by atoms with van der Waals surface area (Å²) in [5, 5.41) is 19.8. The maximum absolute atomic E-state index is 12.2.